The number of nitrogens with one attached hydrogen (secondary N) is 2. The van der Waals surface area contributed by atoms with Crippen LogP contribution in [0.4, 0.5) is 16.8 Å². The van der Waals surface area contributed by atoms with Crippen LogP contribution >= 0.6 is 11.3 Å². The van der Waals surface area contributed by atoms with Crippen molar-refractivity contribution >= 4 is 39.9 Å². The molecule has 0 aliphatic carbocycles. The molecule has 5 heterocycles. The predicted octanol–water partition coefficient (Wildman–Crippen LogP) is 2.92. The van der Waals surface area contributed by atoms with Gasteiger partial charge >= 0.3 is 0 Å². The standard InChI is InChI=1S/C25H28N8O2S/c1-3-23(34)33-11-4-5-19(33)24(35)30-18-8-12-32(15-18)22-13-21(28-16(2)29-22)31-25-27-14-20(36-25)17-6-9-26-10-7-17/h3,6-7,9-10,13-14,18-19H,1,4-5,8,11-12,15H2,2H3,(H,30,35)(H,27,28,29,31)/t18-,19?/m0/s1. The Hall–Kier alpha value is -3.86. The maximum Gasteiger partial charge on any atom is 0.246 e. The van der Waals surface area contributed by atoms with E-state index in [0.29, 0.717) is 31.2 Å². The third kappa shape index (κ3) is 5.20. The summed E-state index contributed by atoms with van der Waals surface area (Å²) in [5, 5.41) is 7.18. The quantitative estimate of drug-likeness (QED) is 0.472. The first kappa shape index (κ1) is 23.9. The Morgan fingerprint density at radius 1 is 1.19 bits per heavy atom. The summed E-state index contributed by atoms with van der Waals surface area (Å²) in [5.74, 6) is 1.84. The van der Waals surface area contributed by atoms with Crippen LogP contribution < -0.4 is 15.5 Å². The molecule has 186 valence electrons. The van der Waals surface area contributed by atoms with Gasteiger partial charge in [-0.3, -0.25) is 14.6 Å². The van der Waals surface area contributed by atoms with Gasteiger partial charge in [0.1, 0.15) is 23.5 Å². The number of anilines is 3. The van der Waals surface area contributed by atoms with E-state index in [1.165, 1.54) is 6.08 Å². The van der Waals surface area contributed by atoms with Crippen molar-refractivity contribution in [2.45, 2.75) is 38.3 Å². The van der Waals surface area contributed by atoms with E-state index in [1.54, 1.807) is 28.6 Å². The summed E-state index contributed by atoms with van der Waals surface area (Å²) in [6.07, 6.45) is 8.95. The fourth-order valence-corrected chi connectivity index (χ4v) is 5.50. The molecule has 10 nitrogen and oxygen atoms in total. The lowest BCUT2D eigenvalue weighted by Gasteiger charge is -2.24. The van der Waals surface area contributed by atoms with Crippen LogP contribution in [0.15, 0.2) is 49.4 Å². The Balaban J connectivity index is 1.22. The summed E-state index contributed by atoms with van der Waals surface area (Å²) < 4.78 is 0. The van der Waals surface area contributed by atoms with E-state index in [1.807, 2.05) is 31.3 Å². The second-order valence-electron chi connectivity index (χ2n) is 8.88. The van der Waals surface area contributed by atoms with Crippen molar-refractivity contribution in [2.75, 3.05) is 29.9 Å². The number of rotatable bonds is 7. The molecule has 5 rings (SSSR count). The van der Waals surface area contributed by atoms with Crippen LogP contribution in [0, 0.1) is 6.92 Å². The molecule has 2 fully saturated rings. The number of thiazole rings is 1. The Morgan fingerprint density at radius 3 is 2.83 bits per heavy atom. The highest BCUT2D eigenvalue weighted by molar-refractivity contribution is 7.18. The molecule has 0 radical (unpaired) electrons. The summed E-state index contributed by atoms with van der Waals surface area (Å²) >= 11 is 1.54. The molecule has 36 heavy (non-hydrogen) atoms. The van der Waals surface area contributed by atoms with Crippen molar-refractivity contribution in [3.8, 4) is 10.4 Å². The Labute approximate surface area is 213 Å². The fourth-order valence-electron chi connectivity index (χ4n) is 4.67. The molecule has 2 amide bonds. The summed E-state index contributed by atoms with van der Waals surface area (Å²) in [4.78, 5) is 47.4. The van der Waals surface area contributed by atoms with E-state index >= 15 is 0 Å². The van der Waals surface area contributed by atoms with E-state index in [2.05, 4.69) is 42.0 Å². The second kappa shape index (κ2) is 10.4. The zero-order valence-corrected chi connectivity index (χ0v) is 20.9. The van der Waals surface area contributed by atoms with Gasteiger partial charge < -0.3 is 20.4 Å². The van der Waals surface area contributed by atoms with Crippen LogP contribution in [0.1, 0.15) is 25.1 Å². The number of pyridine rings is 1. The van der Waals surface area contributed by atoms with Gasteiger partial charge in [0.2, 0.25) is 11.8 Å². The van der Waals surface area contributed by atoms with Crippen LogP contribution in [0.25, 0.3) is 10.4 Å². The molecule has 11 heteroatoms. The van der Waals surface area contributed by atoms with E-state index in [-0.39, 0.29) is 17.9 Å². The van der Waals surface area contributed by atoms with E-state index in [9.17, 15) is 9.59 Å². The number of likely N-dealkylation sites (tertiary alicyclic amines) is 1. The summed E-state index contributed by atoms with van der Waals surface area (Å²) in [6.45, 7) is 7.42. The molecule has 2 atom stereocenters. The van der Waals surface area contributed by atoms with Gasteiger partial charge in [0.25, 0.3) is 0 Å². The van der Waals surface area contributed by atoms with Crippen LogP contribution in [-0.4, -0.2) is 68.4 Å². The highest BCUT2D eigenvalue weighted by Crippen LogP contribution is 2.31. The molecule has 2 saturated heterocycles. The lowest BCUT2D eigenvalue weighted by molar-refractivity contribution is -0.135. The van der Waals surface area contributed by atoms with E-state index in [0.717, 1.165) is 40.8 Å². The third-order valence-electron chi connectivity index (χ3n) is 6.40. The fraction of sp³-hybridized carbons (Fsp3) is 0.360. The maximum atomic E-state index is 12.9. The molecule has 2 N–H and O–H groups in total. The van der Waals surface area contributed by atoms with Crippen LogP contribution in [-0.2, 0) is 9.59 Å². The number of amides is 2. The van der Waals surface area contributed by atoms with Crippen molar-refractivity contribution in [2.24, 2.45) is 0 Å². The maximum absolute atomic E-state index is 12.9. The number of hydrogen-bond acceptors (Lipinski definition) is 9. The average Bonchev–Trinajstić information content (AvgIpc) is 3.65. The zero-order chi connectivity index (χ0) is 25.1. The Kier molecular flexibility index (Phi) is 6.90. The highest BCUT2D eigenvalue weighted by atomic mass is 32.1. The van der Waals surface area contributed by atoms with Crippen molar-refractivity contribution in [1.29, 1.82) is 0 Å². The minimum atomic E-state index is -0.419. The second-order valence-corrected chi connectivity index (χ2v) is 9.91. The van der Waals surface area contributed by atoms with E-state index < -0.39 is 6.04 Å². The largest absolute Gasteiger partial charge is 0.354 e. The summed E-state index contributed by atoms with van der Waals surface area (Å²) in [6, 6.07) is 5.39. The number of hydrogen-bond donors (Lipinski definition) is 2. The van der Waals surface area contributed by atoms with E-state index in [4.69, 9.17) is 0 Å². The molecule has 1 unspecified atom stereocenters. The number of nitrogens with zero attached hydrogens (tertiary/aromatic N) is 6. The van der Waals surface area contributed by atoms with Gasteiger partial charge in [0, 0.05) is 50.3 Å². The van der Waals surface area contributed by atoms with Gasteiger partial charge in [-0.1, -0.05) is 17.9 Å². The lowest BCUT2D eigenvalue weighted by atomic mass is 10.1. The predicted molar refractivity (Wildman–Crippen MR) is 139 cm³/mol. The minimum Gasteiger partial charge on any atom is -0.354 e. The molecule has 0 spiro atoms. The van der Waals surface area contributed by atoms with Gasteiger partial charge in [-0.25, -0.2) is 15.0 Å². The molecule has 0 aromatic carbocycles. The monoisotopic (exact) mass is 504 g/mol. The Bertz CT molecular complexity index is 1260. The van der Waals surface area contributed by atoms with Gasteiger partial charge in [-0.05, 0) is 50.0 Å². The van der Waals surface area contributed by atoms with Crippen LogP contribution in [0.3, 0.4) is 0 Å². The van der Waals surface area contributed by atoms with Gasteiger partial charge in [0.05, 0.1) is 4.88 Å². The first-order valence-electron chi connectivity index (χ1n) is 12.0. The van der Waals surface area contributed by atoms with Crippen molar-refractivity contribution in [3.05, 3.63) is 55.3 Å². The number of aromatic nitrogens is 4. The Morgan fingerprint density at radius 2 is 2.03 bits per heavy atom. The highest BCUT2D eigenvalue weighted by Gasteiger charge is 2.35. The third-order valence-corrected chi connectivity index (χ3v) is 7.36. The molecule has 0 saturated carbocycles. The SMILES string of the molecule is C=CC(=O)N1CCCC1C(=O)N[C@H]1CCN(c2cc(Nc3ncc(-c4ccncc4)s3)nc(C)n2)C1. The molecule has 2 aliphatic rings. The number of carbonyl (C=O) groups is 2. The van der Waals surface area contributed by atoms with Crippen LogP contribution in [0.5, 0.6) is 0 Å². The molecular formula is C25H28N8O2S. The van der Waals surface area contributed by atoms with Gasteiger partial charge in [0.15, 0.2) is 5.13 Å². The first-order chi connectivity index (χ1) is 17.5. The normalized spacial score (nSPS) is 19.4. The van der Waals surface area contributed by atoms with Gasteiger partial charge in [-0.15, -0.1) is 0 Å². The minimum absolute atomic E-state index is 0.00709. The molecular weight excluding hydrogens is 476 g/mol. The summed E-state index contributed by atoms with van der Waals surface area (Å²) in [5.41, 5.74) is 1.06. The topological polar surface area (TPSA) is 116 Å². The molecule has 3 aromatic rings. The molecule has 3 aromatic heterocycles. The molecule has 2 aliphatic heterocycles. The van der Waals surface area contributed by atoms with Crippen molar-refractivity contribution in [1.82, 2.24) is 30.2 Å². The van der Waals surface area contributed by atoms with Crippen LogP contribution in [0.2, 0.25) is 0 Å². The lowest BCUT2D eigenvalue weighted by Crippen LogP contribution is -2.49. The van der Waals surface area contributed by atoms with Crippen molar-refractivity contribution in [3.63, 3.8) is 0 Å². The smallest absolute Gasteiger partial charge is 0.246 e. The number of carbonyl (C=O) groups excluding carboxylic acids is 2. The summed E-state index contributed by atoms with van der Waals surface area (Å²) in [7, 11) is 0. The zero-order valence-electron chi connectivity index (χ0n) is 20.1. The molecule has 0 bridgehead atoms. The first-order valence-corrected chi connectivity index (χ1v) is 12.8. The van der Waals surface area contributed by atoms with Gasteiger partial charge in [-0.2, -0.15) is 0 Å². The van der Waals surface area contributed by atoms with Crippen molar-refractivity contribution < 1.29 is 9.59 Å². The number of aryl methyl sites for hydroxylation is 1. The average molecular weight is 505 g/mol.